The fourth-order valence-corrected chi connectivity index (χ4v) is 8.62. The highest BCUT2D eigenvalue weighted by Crippen LogP contribution is 2.44. The number of imidazole rings is 1. The maximum atomic E-state index is 11.4. The molecule has 3 aliphatic heterocycles. The van der Waals surface area contributed by atoms with E-state index in [1.165, 1.54) is 101 Å². The van der Waals surface area contributed by atoms with E-state index in [-0.39, 0.29) is 6.54 Å². The summed E-state index contributed by atoms with van der Waals surface area (Å²) in [6.07, 6.45) is 21.5. The fraction of sp³-hybridized carbons (Fsp3) is 0.750. The maximum absolute atomic E-state index is 11.4. The van der Waals surface area contributed by atoms with E-state index < -0.39 is 5.97 Å². The second-order valence-corrected chi connectivity index (χ2v) is 12.8. The third kappa shape index (κ3) is 5.67. The van der Waals surface area contributed by atoms with Crippen LogP contribution in [0.1, 0.15) is 121 Å². The van der Waals surface area contributed by atoms with E-state index in [4.69, 9.17) is 4.98 Å². The number of piperidine rings is 3. The number of fused-ring (bicyclic) bond motifs is 3. The molecule has 1 saturated carbocycles. The van der Waals surface area contributed by atoms with Crippen molar-refractivity contribution in [2.24, 2.45) is 0 Å². The van der Waals surface area contributed by atoms with Crippen LogP contribution >= 0.6 is 0 Å². The molecule has 1 aromatic carbocycles. The highest BCUT2D eigenvalue weighted by atomic mass is 16.4. The Kier molecular flexibility index (Phi) is 8.36. The number of benzene rings is 1. The van der Waals surface area contributed by atoms with Gasteiger partial charge in [-0.1, -0.05) is 63.5 Å². The molecule has 38 heavy (non-hydrogen) atoms. The number of rotatable bonds is 5. The van der Waals surface area contributed by atoms with E-state index in [1.807, 2.05) is 0 Å². The van der Waals surface area contributed by atoms with Gasteiger partial charge in [-0.3, -0.25) is 14.6 Å². The summed E-state index contributed by atoms with van der Waals surface area (Å²) < 4.78 is 2.64. The minimum absolute atomic E-state index is 0.140. The molecular weight excluding hydrogens is 472 g/mol. The summed E-state index contributed by atoms with van der Waals surface area (Å²) in [5, 5.41) is 9.41. The molecule has 2 bridgehead atoms. The van der Waals surface area contributed by atoms with Crippen LogP contribution in [0.5, 0.6) is 0 Å². The average Bonchev–Trinajstić information content (AvgIpc) is 3.30. The molecule has 4 atom stereocenters. The predicted octanol–water partition coefficient (Wildman–Crippen LogP) is 6.75. The lowest BCUT2D eigenvalue weighted by atomic mass is 9.79. The number of hydrogen-bond donors (Lipinski definition) is 1. The molecule has 1 unspecified atom stereocenters. The third-order valence-corrected chi connectivity index (χ3v) is 10.2. The summed E-state index contributed by atoms with van der Waals surface area (Å²) in [6, 6.07) is 11.4. The first kappa shape index (κ1) is 26.3. The van der Waals surface area contributed by atoms with Gasteiger partial charge in [-0.15, -0.1) is 0 Å². The van der Waals surface area contributed by atoms with E-state index in [0.29, 0.717) is 24.0 Å². The van der Waals surface area contributed by atoms with Crippen LogP contribution < -0.4 is 0 Å². The zero-order chi connectivity index (χ0) is 25.9. The van der Waals surface area contributed by atoms with Crippen LogP contribution in [0, 0.1) is 0 Å². The Labute approximate surface area is 228 Å². The van der Waals surface area contributed by atoms with Gasteiger partial charge in [-0.25, -0.2) is 4.98 Å². The normalized spacial score (nSPS) is 30.8. The zero-order valence-corrected chi connectivity index (χ0v) is 23.3. The van der Waals surface area contributed by atoms with Crippen molar-refractivity contribution in [1.29, 1.82) is 0 Å². The second kappa shape index (κ2) is 12.1. The van der Waals surface area contributed by atoms with Crippen molar-refractivity contribution < 1.29 is 9.90 Å². The molecule has 0 amide bonds. The van der Waals surface area contributed by atoms with Gasteiger partial charge < -0.3 is 9.67 Å². The van der Waals surface area contributed by atoms with Crippen LogP contribution in [-0.4, -0.2) is 68.2 Å². The van der Waals surface area contributed by atoms with Gasteiger partial charge in [0, 0.05) is 36.6 Å². The van der Waals surface area contributed by atoms with Crippen molar-refractivity contribution in [2.45, 2.75) is 133 Å². The Morgan fingerprint density at radius 3 is 2.16 bits per heavy atom. The van der Waals surface area contributed by atoms with Crippen LogP contribution in [0.4, 0.5) is 0 Å². The van der Waals surface area contributed by atoms with Gasteiger partial charge >= 0.3 is 5.97 Å². The molecule has 3 saturated heterocycles. The molecular formula is C32H48N4O2. The number of hydrogen-bond acceptors (Lipinski definition) is 4. The lowest BCUT2D eigenvalue weighted by Crippen LogP contribution is -2.56. The van der Waals surface area contributed by atoms with E-state index in [9.17, 15) is 9.90 Å². The Hall–Kier alpha value is -1.92. The van der Waals surface area contributed by atoms with E-state index >= 15 is 0 Å². The fourth-order valence-electron chi connectivity index (χ4n) is 8.62. The minimum atomic E-state index is -0.722. The molecule has 2 aromatic rings. The van der Waals surface area contributed by atoms with E-state index in [0.717, 1.165) is 37.5 Å². The van der Waals surface area contributed by atoms with Crippen LogP contribution in [0.2, 0.25) is 0 Å². The first-order chi connectivity index (χ1) is 18.7. The summed E-state index contributed by atoms with van der Waals surface area (Å²) in [5.41, 5.74) is 2.39. The highest BCUT2D eigenvalue weighted by molar-refractivity contribution is 5.76. The van der Waals surface area contributed by atoms with Crippen molar-refractivity contribution in [3.63, 3.8) is 0 Å². The number of likely N-dealkylation sites (tertiary alicyclic amines) is 1. The molecule has 6 nitrogen and oxygen atoms in total. The average molecular weight is 521 g/mol. The van der Waals surface area contributed by atoms with Crippen molar-refractivity contribution in [1.82, 2.24) is 19.4 Å². The first-order valence-electron chi connectivity index (χ1n) is 15.9. The lowest BCUT2D eigenvalue weighted by molar-refractivity contribution is -0.138. The summed E-state index contributed by atoms with van der Waals surface area (Å²) >= 11 is 0. The topological polar surface area (TPSA) is 61.6 Å². The molecule has 4 aliphatic rings. The minimum Gasteiger partial charge on any atom is -0.480 e. The number of para-hydroxylation sites is 2. The molecule has 0 radical (unpaired) electrons. The second-order valence-electron chi connectivity index (χ2n) is 12.8. The maximum Gasteiger partial charge on any atom is 0.317 e. The summed E-state index contributed by atoms with van der Waals surface area (Å²) in [4.78, 5) is 21.9. The molecule has 4 fully saturated rings. The van der Waals surface area contributed by atoms with Crippen molar-refractivity contribution in [3.05, 3.63) is 30.1 Å². The van der Waals surface area contributed by atoms with Gasteiger partial charge in [0.05, 0.1) is 17.6 Å². The van der Waals surface area contributed by atoms with E-state index in [2.05, 4.69) is 38.6 Å². The Bertz CT molecular complexity index is 1060. The van der Waals surface area contributed by atoms with Crippen molar-refractivity contribution in [3.8, 4) is 0 Å². The Morgan fingerprint density at radius 2 is 1.45 bits per heavy atom. The predicted molar refractivity (Wildman–Crippen MR) is 153 cm³/mol. The highest BCUT2D eigenvalue weighted by Gasteiger charge is 2.43. The smallest absolute Gasteiger partial charge is 0.317 e. The van der Waals surface area contributed by atoms with Gasteiger partial charge in [0.1, 0.15) is 5.82 Å². The summed E-state index contributed by atoms with van der Waals surface area (Å²) in [7, 11) is 0. The number of carboxylic acid groups (broad SMARTS) is 1. The largest absolute Gasteiger partial charge is 0.480 e. The zero-order valence-electron chi connectivity index (χ0n) is 23.3. The van der Waals surface area contributed by atoms with Crippen LogP contribution in [-0.2, 0) is 4.79 Å². The van der Waals surface area contributed by atoms with Crippen molar-refractivity contribution >= 4 is 17.0 Å². The Balaban J connectivity index is 1.27. The van der Waals surface area contributed by atoms with Crippen LogP contribution in [0.3, 0.4) is 0 Å². The quantitative estimate of drug-likeness (QED) is 0.472. The molecule has 0 spiro atoms. The van der Waals surface area contributed by atoms with Gasteiger partial charge in [0.2, 0.25) is 0 Å². The lowest BCUT2D eigenvalue weighted by Gasteiger charge is -2.53. The number of aliphatic carboxylic acids is 1. The molecule has 4 heterocycles. The van der Waals surface area contributed by atoms with Gasteiger partial charge in [0.15, 0.2) is 0 Å². The monoisotopic (exact) mass is 520 g/mol. The Morgan fingerprint density at radius 1 is 0.789 bits per heavy atom. The van der Waals surface area contributed by atoms with E-state index in [1.54, 1.807) is 0 Å². The van der Waals surface area contributed by atoms with Gasteiger partial charge in [-0.2, -0.15) is 0 Å². The standard InChI is InChI=1S/C32H48N4O2/c37-31(38)23-34-19-11-12-24(22-34)32-33-29-17-8-9-18-30(29)36(32)28-20-26-15-10-16-27(21-28)35(26)25-13-6-4-2-1-3-5-7-14-25/h8-9,17-18,24-28H,1-7,10-16,19-23H2,(H,37,38)/t24-,26-,27+,28?/m1/s1. The van der Waals surface area contributed by atoms with Crippen molar-refractivity contribution in [2.75, 3.05) is 19.6 Å². The van der Waals surface area contributed by atoms with Gasteiger partial charge in [-0.05, 0) is 70.0 Å². The SMILES string of the molecule is O=C(O)CN1CCC[C@@H](c2nc3ccccc3n2C2C[C@H]3CCC[C@@H](C2)N3C2CCCCCCCCC2)C1. The molecule has 6 heteroatoms. The number of nitrogens with zero attached hydrogens (tertiary/aromatic N) is 4. The molecule has 1 aliphatic carbocycles. The first-order valence-corrected chi connectivity index (χ1v) is 15.9. The molecule has 1 aromatic heterocycles. The van der Waals surface area contributed by atoms with Crippen LogP contribution in [0.15, 0.2) is 24.3 Å². The number of aromatic nitrogens is 2. The molecule has 208 valence electrons. The van der Waals surface area contributed by atoms with Gasteiger partial charge in [0.25, 0.3) is 0 Å². The van der Waals surface area contributed by atoms with Crippen LogP contribution in [0.25, 0.3) is 11.0 Å². The number of carboxylic acids is 1. The third-order valence-electron chi connectivity index (χ3n) is 10.2. The molecule has 6 rings (SSSR count). The summed E-state index contributed by atoms with van der Waals surface area (Å²) in [6.45, 7) is 1.83. The molecule has 1 N–H and O–H groups in total. The summed E-state index contributed by atoms with van der Waals surface area (Å²) in [5.74, 6) is 0.808. The number of carbonyl (C=O) groups is 1.